The van der Waals surface area contributed by atoms with Crippen LogP contribution >= 0.6 is 7.75 Å². The monoisotopic (exact) mass is 279 g/mol. The van der Waals surface area contributed by atoms with Crippen LogP contribution in [0.4, 0.5) is 0 Å². The third-order valence-corrected chi connectivity index (χ3v) is 4.83. The van der Waals surface area contributed by atoms with Crippen LogP contribution in [0.15, 0.2) is 0 Å². The Bertz CT molecular complexity index is 230. The van der Waals surface area contributed by atoms with Gasteiger partial charge in [0.15, 0.2) is 0 Å². The average Bonchev–Trinajstić information content (AvgIpc) is 2.35. The van der Waals surface area contributed by atoms with Gasteiger partial charge in [-0.3, -0.25) is 9.05 Å². The highest BCUT2D eigenvalue weighted by atomic mass is 31.2. The smallest absolute Gasteiger partial charge is 0.297 e. The van der Waals surface area contributed by atoms with E-state index in [4.69, 9.17) is 9.05 Å². The molecule has 0 radical (unpaired) electrons. The topological polar surface area (TPSA) is 47.6 Å². The number of hydrogen-bond acceptors (Lipinski definition) is 3. The fourth-order valence-electron chi connectivity index (χ4n) is 2.06. The first-order valence-electron chi connectivity index (χ1n) is 7.26. The SMILES string of the molecule is CC.CCOP(=O)(NC1CCC(C)CC1)OCC. The molecule has 110 valence electrons. The molecule has 0 unspecified atom stereocenters. The lowest BCUT2D eigenvalue weighted by atomic mass is 9.88. The van der Waals surface area contributed by atoms with Crippen molar-refractivity contribution in [3.63, 3.8) is 0 Å². The summed E-state index contributed by atoms with van der Waals surface area (Å²) in [5.41, 5.74) is 0. The molecule has 0 bridgehead atoms. The molecule has 0 atom stereocenters. The molecule has 1 aliphatic carbocycles. The van der Waals surface area contributed by atoms with Crippen LogP contribution < -0.4 is 5.09 Å². The molecule has 0 heterocycles. The second-order valence-electron chi connectivity index (χ2n) is 4.42. The van der Waals surface area contributed by atoms with Gasteiger partial charge in [0.1, 0.15) is 0 Å². The highest BCUT2D eigenvalue weighted by Crippen LogP contribution is 2.45. The highest BCUT2D eigenvalue weighted by molar-refractivity contribution is 7.51. The van der Waals surface area contributed by atoms with E-state index in [0.717, 1.165) is 18.8 Å². The Hall–Kier alpha value is 0.110. The van der Waals surface area contributed by atoms with Crippen LogP contribution in [0.25, 0.3) is 0 Å². The number of nitrogens with one attached hydrogen (secondary N) is 1. The van der Waals surface area contributed by atoms with Crippen LogP contribution in [-0.2, 0) is 13.6 Å². The zero-order valence-electron chi connectivity index (χ0n) is 12.6. The van der Waals surface area contributed by atoms with Gasteiger partial charge in [0.05, 0.1) is 13.2 Å². The van der Waals surface area contributed by atoms with Crippen LogP contribution in [0.1, 0.15) is 60.3 Å². The van der Waals surface area contributed by atoms with Crippen molar-refractivity contribution in [2.45, 2.75) is 66.3 Å². The molecule has 0 amide bonds. The summed E-state index contributed by atoms with van der Waals surface area (Å²) in [4.78, 5) is 0. The first-order valence-corrected chi connectivity index (χ1v) is 8.80. The molecule has 1 fully saturated rings. The molecule has 0 saturated heterocycles. The van der Waals surface area contributed by atoms with Gasteiger partial charge < -0.3 is 0 Å². The maximum absolute atomic E-state index is 12.2. The Balaban J connectivity index is 0.00000137. The lowest BCUT2D eigenvalue weighted by molar-refractivity contribution is 0.199. The van der Waals surface area contributed by atoms with Gasteiger partial charge in [0.2, 0.25) is 0 Å². The van der Waals surface area contributed by atoms with E-state index in [1.54, 1.807) is 0 Å². The molecule has 1 rings (SSSR count). The van der Waals surface area contributed by atoms with E-state index in [1.165, 1.54) is 12.8 Å². The van der Waals surface area contributed by atoms with Gasteiger partial charge in [-0.1, -0.05) is 20.8 Å². The summed E-state index contributed by atoms with van der Waals surface area (Å²) in [7, 11) is -3.06. The van der Waals surface area contributed by atoms with Gasteiger partial charge >= 0.3 is 7.75 Å². The van der Waals surface area contributed by atoms with Gasteiger partial charge in [-0.15, -0.1) is 0 Å². The van der Waals surface area contributed by atoms with Gasteiger partial charge in [-0.2, -0.15) is 0 Å². The fourth-order valence-corrected chi connectivity index (χ4v) is 3.67. The van der Waals surface area contributed by atoms with Crippen molar-refractivity contribution >= 4 is 7.75 Å². The molecule has 5 heteroatoms. The van der Waals surface area contributed by atoms with E-state index < -0.39 is 7.75 Å². The van der Waals surface area contributed by atoms with E-state index in [-0.39, 0.29) is 6.04 Å². The Morgan fingerprint density at radius 1 is 1.06 bits per heavy atom. The van der Waals surface area contributed by atoms with E-state index >= 15 is 0 Å². The number of hydrogen-bond donors (Lipinski definition) is 1. The zero-order chi connectivity index (χ0) is 14.0. The minimum absolute atomic E-state index is 0.278. The molecule has 0 aliphatic heterocycles. The van der Waals surface area contributed by atoms with E-state index in [0.29, 0.717) is 13.2 Å². The van der Waals surface area contributed by atoms with Crippen LogP contribution in [-0.4, -0.2) is 19.3 Å². The van der Waals surface area contributed by atoms with Gasteiger partial charge in [0.25, 0.3) is 0 Å². The minimum Gasteiger partial charge on any atom is -0.297 e. The van der Waals surface area contributed by atoms with Crippen molar-refractivity contribution < 1.29 is 13.6 Å². The number of rotatable bonds is 6. The Morgan fingerprint density at radius 3 is 1.89 bits per heavy atom. The summed E-state index contributed by atoms with van der Waals surface area (Å²) in [5.74, 6) is 0.789. The van der Waals surface area contributed by atoms with Crippen molar-refractivity contribution in [2.24, 2.45) is 5.92 Å². The van der Waals surface area contributed by atoms with Crippen molar-refractivity contribution in [3.8, 4) is 0 Å². The predicted octanol–water partition coefficient (Wildman–Crippen LogP) is 4.36. The van der Waals surface area contributed by atoms with Crippen LogP contribution in [0, 0.1) is 5.92 Å². The quantitative estimate of drug-likeness (QED) is 0.734. The molecule has 0 aromatic carbocycles. The summed E-state index contributed by atoms with van der Waals surface area (Å²) < 4.78 is 22.7. The van der Waals surface area contributed by atoms with Crippen molar-refractivity contribution in [3.05, 3.63) is 0 Å². The second-order valence-corrected chi connectivity index (χ2v) is 6.19. The van der Waals surface area contributed by atoms with Crippen LogP contribution in [0.5, 0.6) is 0 Å². The third kappa shape index (κ3) is 6.89. The zero-order valence-corrected chi connectivity index (χ0v) is 13.5. The molecular weight excluding hydrogens is 249 g/mol. The molecule has 1 saturated carbocycles. The lowest BCUT2D eigenvalue weighted by Gasteiger charge is -2.29. The van der Waals surface area contributed by atoms with Gasteiger partial charge in [0, 0.05) is 6.04 Å². The van der Waals surface area contributed by atoms with Crippen molar-refractivity contribution in [1.29, 1.82) is 0 Å². The first kappa shape index (κ1) is 18.1. The Morgan fingerprint density at radius 2 is 1.50 bits per heavy atom. The molecule has 1 N–H and O–H groups in total. The maximum atomic E-state index is 12.2. The summed E-state index contributed by atoms with van der Waals surface area (Å²) in [6.45, 7) is 10.7. The standard InChI is InChI=1S/C11H24NO3P.C2H6/c1-4-14-16(13,15-5-2)12-11-8-6-10(3)7-9-11;1-2/h10-11H,4-9H2,1-3H3,(H,12,13);1-2H3. The van der Waals surface area contributed by atoms with E-state index in [9.17, 15) is 4.57 Å². The van der Waals surface area contributed by atoms with E-state index in [1.807, 2.05) is 27.7 Å². The molecule has 0 aromatic heterocycles. The largest absolute Gasteiger partial charge is 0.405 e. The van der Waals surface area contributed by atoms with Crippen LogP contribution in [0.2, 0.25) is 0 Å². The summed E-state index contributed by atoms with van der Waals surface area (Å²) in [6, 6.07) is 0.278. The molecule has 0 aromatic rings. The van der Waals surface area contributed by atoms with E-state index in [2.05, 4.69) is 12.0 Å². The van der Waals surface area contributed by atoms with Crippen molar-refractivity contribution in [1.82, 2.24) is 5.09 Å². The summed E-state index contributed by atoms with van der Waals surface area (Å²) in [6.07, 6.45) is 4.50. The normalized spacial score (nSPS) is 24.3. The molecular formula is C13H30NO3P. The second kappa shape index (κ2) is 9.96. The Kier molecular flexibility index (Phi) is 10.0. The predicted molar refractivity (Wildman–Crippen MR) is 76.8 cm³/mol. The summed E-state index contributed by atoms with van der Waals surface area (Å²) >= 11 is 0. The maximum Gasteiger partial charge on any atom is 0.405 e. The van der Waals surface area contributed by atoms with Crippen molar-refractivity contribution in [2.75, 3.05) is 13.2 Å². The van der Waals surface area contributed by atoms with Crippen LogP contribution in [0.3, 0.4) is 0 Å². The molecule has 4 nitrogen and oxygen atoms in total. The van der Waals surface area contributed by atoms with Gasteiger partial charge in [-0.25, -0.2) is 9.65 Å². The Labute approximate surface area is 112 Å². The van der Waals surface area contributed by atoms with Gasteiger partial charge in [-0.05, 0) is 45.4 Å². The average molecular weight is 279 g/mol. The summed E-state index contributed by atoms with van der Waals surface area (Å²) in [5, 5.41) is 3.07. The third-order valence-electron chi connectivity index (χ3n) is 2.95. The molecule has 18 heavy (non-hydrogen) atoms. The molecule has 0 spiro atoms. The lowest BCUT2D eigenvalue weighted by Crippen LogP contribution is -2.31. The first-order chi connectivity index (χ1) is 8.59. The molecule has 1 aliphatic rings. The fraction of sp³-hybridized carbons (Fsp3) is 1.00. The highest BCUT2D eigenvalue weighted by Gasteiger charge is 2.29. The minimum atomic E-state index is -3.06.